The van der Waals surface area contributed by atoms with Gasteiger partial charge in [-0.1, -0.05) is 23.2 Å². The van der Waals surface area contributed by atoms with Crippen molar-refractivity contribution >= 4 is 56.9 Å². The summed E-state index contributed by atoms with van der Waals surface area (Å²) in [5.74, 6) is 1.78. The van der Waals surface area contributed by atoms with E-state index in [-0.39, 0.29) is 0 Å². The van der Waals surface area contributed by atoms with E-state index < -0.39 is 0 Å². The Kier molecular flexibility index (Phi) is 6.95. The third-order valence-corrected chi connectivity index (χ3v) is 6.15. The fourth-order valence-corrected chi connectivity index (χ4v) is 4.25. The van der Waals surface area contributed by atoms with Gasteiger partial charge >= 0.3 is 0 Å². The number of hydrogen-bond acceptors (Lipinski definition) is 8. The monoisotopic (exact) mass is 489 g/mol. The molecule has 0 atom stereocenters. The molecule has 1 N–H and O–H groups in total. The smallest absolute Gasteiger partial charge is 0.163 e. The van der Waals surface area contributed by atoms with Gasteiger partial charge in [0.2, 0.25) is 0 Å². The van der Waals surface area contributed by atoms with Crippen LogP contribution in [0.25, 0.3) is 10.9 Å². The lowest BCUT2D eigenvalue weighted by molar-refractivity contribution is 0.281. The van der Waals surface area contributed by atoms with Crippen LogP contribution in [0.2, 0.25) is 10.0 Å². The molecule has 0 amide bonds. The van der Waals surface area contributed by atoms with Crippen LogP contribution in [0.1, 0.15) is 10.7 Å². The number of nitrogens with one attached hydrogen (secondary N) is 1. The quantitative estimate of drug-likeness (QED) is 0.335. The van der Waals surface area contributed by atoms with E-state index in [1.807, 2.05) is 37.7 Å². The van der Waals surface area contributed by atoms with E-state index in [2.05, 4.69) is 25.2 Å². The van der Waals surface area contributed by atoms with Crippen molar-refractivity contribution in [3.63, 3.8) is 0 Å². The number of thiazole rings is 1. The van der Waals surface area contributed by atoms with E-state index >= 15 is 0 Å². The van der Waals surface area contributed by atoms with Crippen molar-refractivity contribution in [1.82, 2.24) is 19.9 Å². The molecule has 0 fully saturated rings. The minimum absolute atomic E-state index is 0.339. The number of hydrogen-bond donors (Lipinski definition) is 1. The normalized spacial score (nSPS) is 11.2. The van der Waals surface area contributed by atoms with Gasteiger partial charge in [-0.05, 0) is 38.4 Å². The maximum atomic E-state index is 6.13. The van der Waals surface area contributed by atoms with E-state index in [0.717, 1.165) is 28.3 Å². The summed E-state index contributed by atoms with van der Waals surface area (Å²) in [5, 5.41) is 8.04. The number of rotatable bonds is 8. The van der Waals surface area contributed by atoms with Gasteiger partial charge in [0.05, 0.1) is 28.4 Å². The molecule has 10 heteroatoms. The molecule has 7 nitrogen and oxygen atoms in total. The molecule has 0 unspecified atom stereocenters. The van der Waals surface area contributed by atoms with Crippen molar-refractivity contribution < 1.29 is 9.47 Å². The number of ether oxygens (including phenoxy) is 2. The number of anilines is 2. The molecule has 2 aromatic carbocycles. The van der Waals surface area contributed by atoms with Crippen molar-refractivity contribution in [1.29, 1.82) is 0 Å². The lowest BCUT2D eigenvalue weighted by atomic mass is 10.2. The predicted molar refractivity (Wildman–Crippen MR) is 130 cm³/mol. The summed E-state index contributed by atoms with van der Waals surface area (Å²) in [6, 6.07) is 8.98. The molecule has 0 radical (unpaired) electrons. The maximum absolute atomic E-state index is 6.13. The molecule has 0 aliphatic rings. The van der Waals surface area contributed by atoms with Crippen molar-refractivity contribution in [2.75, 3.05) is 26.5 Å². The molecule has 2 heterocycles. The standard InChI is InChI=1S/C22H21Cl2N5O2S/c1-29(2)9-21-27-14(11-32-21)10-31-20-8-18-15(7-19(20)30-3)22(26-12-25-18)28-13-4-5-16(23)17(24)6-13/h4-8,11-12H,9-10H2,1-3H3,(H,25,26,28). The van der Waals surface area contributed by atoms with E-state index in [4.69, 9.17) is 32.7 Å². The van der Waals surface area contributed by atoms with Crippen LogP contribution < -0.4 is 14.8 Å². The molecule has 0 saturated carbocycles. The fourth-order valence-electron chi connectivity index (χ4n) is 3.06. The van der Waals surface area contributed by atoms with Crippen LogP contribution in [0.3, 0.4) is 0 Å². The third-order valence-electron chi connectivity index (χ3n) is 4.53. The summed E-state index contributed by atoms with van der Waals surface area (Å²) in [6.45, 7) is 1.14. The van der Waals surface area contributed by atoms with Crippen LogP contribution in [-0.2, 0) is 13.2 Å². The van der Waals surface area contributed by atoms with E-state index in [1.54, 1.807) is 30.6 Å². The van der Waals surface area contributed by atoms with Gasteiger partial charge < -0.3 is 19.7 Å². The van der Waals surface area contributed by atoms with Crippen molar-refractivity contribution in [2.45, 2.75) is 13.2 Å². The van der Waals surface area contributed by atoms with E-state index in [0.29, 0.717) is 39.5 Å². The first-order valence-electron chi connectivity index (χ1n) is 9.68. The highest BCUT2D eigenvalue weighted by molar-refractivity contribution is 7.09. The fraction of sp³-hybridized carbons (Fsp3) is 0.227. The first-order chi connectivity index (χ1) is 15.4. The lowest BCUT2D eigenvalue weighted by Crippen LogP contribution is -2.10. The Balaban J connectivity index is 1.58. The Morgan fingerprint density at radius 1 is 1.06 bits per heavy atom. The summed E-state index contributed by atoms with van der Waals surface area (Å²) in [6.07, 6.45) is 1.49. The van der Waals surface area contributed by atoms with E-state index in [9.17, 15) is 0 Å². The van der Waals surface area contributed by atoms with Crippen molar-refractivity contribution in [2.24, 2.45) is 0 Å². The van der Waals surface area contributed by atoms with Gasteiger partial charge in [-0.25, -0.2) is 15.0 Å². The van der Waals surface area contributed by atoms with Crippen LogP contribution in [0.15, 0.2) is 42.0 Å². The molecule has 4 aromatic rings. The third kappa shape index (κ3) is 5.21. The minimum Gasteiger partial charge on any atom is -0.493 e. The minimum atomic E-state index is 0.339. The average Bonchev–Trinajstić information content (AvgIpc) is 3.21. The zero-order valence-corrected chi connectivity index (χ0v) is 20.1. The second-order valence-electron chi connectivity index (χ2n) is 7.26. The van der Waals surface area contributed by atoms with Gasteiger partial charge in [-0.3, -0.25) is 0 Å². The van der Waals surface area contributed by atoms with Gasteiger partial charge in [0.25, 0.3) is 0 Å². The highest BCUT2D eigenvalue weighted by atomic mass is 35.5. The predicted octanol–water partition coefficient (Wildman–Crippen LogP) is 5.79. The van der Waals surface area contributed by atoms with Crippen LogP contribution in [0, 0.1) is 0 Å². The number of aromatic nitrogens is 3. The van der Waals surface area contributed by atoms with Crippen LogP contribution in [0.4, 0.5) is 11.5 Å². The Morgan fingerprint density at radius 2 is 1.91 bits per heavy atom. The molecule has 2 aromatic heterocycles. The molecule has 0 aliphatic carbocycles. The summed E-state index contributed by atoms with van der Waals surface area (Å²) in [4.78, 5) is 15.5. The number of halogens is 2. The Hall–Kier alpha value is -2.65. The molecule has 0 bridgehead atoms. The Bertz CT molecular complexity index is 1250. The molecule has 0 spiro atoms. The Morgan fingerprint density at radius 3 is 2.66 bits per heavy atom. The highest BCUT2D eigenvalue weighted by Gasteiger charge is 2.13. The summed E-state index contributed by atoms with van der Waals surface area (Å²) in [5.41, 5.74) is 2.35. The molecular weight excluding hydrogens is 469 g/mol. The van der Waals surface area contributed by atoms with Gasteiger partial charge in [0.15, 0.2) is 11.5 Å². The average molecular weight is 490 g/mol. The molecule has 32 heavy (non-hydrogen) atoms. The van der Waals surface area contributed by atoms with E-state index in [1.165, 1.54) is 6.33 Å². The summed E-state index contributed by atoms with van der Waals surface area (Å²) >= 11 is 13.8. The molecular formula is C22H21Cl2N5O2S. The largest absolute Gasteiger partial charge is 0.493 e. The summed E-state index contributed by atoms with van der Waals surface area (Å²) < 4.78 is 11.6. The van der Waals surface area contributed by atoms with Crippen molar-refractivity contribution in [3.8, 4) is 11.5 Å². The zero-order valence-electron chi connectivity index (χ0n) is 17.7. The second-order valence-corrected chi connectivity index (χ2v) is 9.01. The Labute approximate surface area is 199 Å². The summed E-state index contributed by atoms with van der Waals surface area (Å²) in [7, 11) is 5.63. The van der Waals surface area contributed by atoms with Crippen LogP contribution in [0.5, 0.6) is 11.5 Å². The number of fused-ring (bicyclic) bond motifs is 1. The maximum Gasteiger partial charge on any atom is 0.163 e. The highest BCUT2D eigenvalue weighted by Crippen LogP contribution is 2.36. The topological polar surface area (TPSA) is 72.4 Å². The SMILES string of the molecule is COc1cc2c(Nc3ccc(Cl)c(Cl)c3)ncnc2cc1OCc1csc(CN(C)C)n1. The van der Waals surface area contributed by atoms with Crippen LogP contribution >= 0.6 is 34.5 Å². The van der Waals surface area contributed by atoms with Gasteiger partial charge in [-0.15, -0.1) is 11.3 Å². The van der Waals surface area contributed by atoms with Gasteiger partial charge in [0, 0.05) is 29.1 Å². The molecule has 0 saturated heterocycles. The van der Waals surface area contributed by atoms with Crippen LogP contribution in [-0.4, -0.2) is 41.1 Å². The number of nitrogens with zero attached hydrogens (tertiary/aromatic N) is 4. The molecule has 166 valence electrons. The van der Waals surface area contributed by atoms with Gasteiger partial charge in [0.1, 0.15) is 23.8 Å². The molecule has 0 aliphatic heterocycles. The molecule has 4 rings (SSSR count). The first kappa shape index (κ1) is 22.5. The lowest BCUT2D eigenvalue weighted by Gasteiger charge is -2.13. The zero-order chi connectivity index (χ0) is 22.7. The van der Waals surface area contributed by atoms with Gasteiger partial charge in [-0.2, -0.15) is 0 Å². The first-order valence-corrected chi connectivity index (χ1v) is 11.3. The van der Waals surface area contributed by atoms with Crippen molar-refractivity contribution in [3.05, 3.63) is 62.8 Å². The number of methoxy groups -OCH3 is 1. The second kappa shape index (κ2) is 9.87. The number of benzene rings is 2.